The summed E-state index contributed by atoms with van der Waals surface area (Å²) in [6, 6.07) is 0.321. The highest BCUT2D eigenvalue weighted by atomic mass is 16.5. The third kappa shape index (κ3) is 4.48. The van der Waals surface area contributed by atoms with Crippen molar-refractivity contribution >= 4 is 5.91 Å². The second kappa shape index (κ2) is 6.77. The summed E-state index contributed by atoms with van der Waals surface area (Å²) in [5.41, 5.74) is 0. The van der Waals surface area contributed by atoms with Gasteiger partial charge in [-0.2, -0.15) is 0 Å². The van der Waals surface area contributed by atoms with E-state index >= 15 is 0 Å². The van der Waals surface area contributed by atoms with Crippen molar-refractivity contribution < 1.29 is 9.53 Å². The van der Waals surface area contributed by atoms with Gasteiger partial charge in [0.25, 0.3) is 0 Å². The maximum atomic E-state index is 11.6. The monoisotopic (exact) mass is 238 g/mol. The molecule has 0 radical (unpaired) electrons. The van der Waals surface area contributed by atoms with Crippen LogP contribution in [0.25, 0.3) is 0 Å². The van der Waals surface area contributed by atoms with Crippen LogP contribution in [0, 0.1) is 0 Å². The summed E-state index contributed by atoms with van der Waals surface area (Å²) in [5.74, 6) is 0.118. The molecule has 0 aromatic rings. The molecule has 0 unspecified atom stereocenters. The lowest BCUT2D eigenvalue weighted by Gasteiger charge is -2.23. The molecule has 0 spiro atoms. The Kier molecular flexibility index (Phi) is 5.01. The van der Waals surface area contributed by atoms with E-state index in [2.05, 4.69) is 22.8 Å². The first kappa shape index (κ1) is 12.6. The van der Waals surface area contributed by atoms with Gasteiger partial charge in [-0.05, 0) is 38.8 Å². The van der Waals surface area contributed by atoms with E-state index in [0.717, 1.165) is 38.8 Å². The number of hydrogen-bond donors (Lipinski definition) is 2. The zero-order valence-corrected chi connectivity index (χ0v) is 10.3. The summed E-state index contributed by atoms with van der Waals surface area (Å²) in [5, 5.41) is 6.32. The molecule has 1 aliphatic carbocycles. The molecule has 0 atom stereocenters. The predicted octanol–water partition coefficient (Wildman–Crippen LogP) is 0.980. The van der Waals surface area contributed by atoms with Gasteiger partial charge in [-0.1, -0.05) is 12.2 Å². The van der Waals surface area contributed by atoms with Gasteiger partial charge in [0.15, 0.2) is 0 Å². The number of carbonyl (C=O) groups excluding carboxylic acids is 1. The number of nitrogens with one attached hydrogen (secondary N) is 2. The van der Waals surface area contributed by atoms with Crippen LogP contribution in [-0.2, 0) is 9.53 Å². The number of piperidine rings is 1. The van der Waals surface area contributed by atoms with Gasteiger partial charge in [-0.15, -0.1) is 0 Å². The fourth-order valence-corrected chi connectivity index (χ4v) is 2.32. The number of hydrogen-bond acceptors (Lipinski definition) is 3. The first-order valence-electron chi connectivity index (χ1n) is 6.61. The van der Waals surface area contributed by atoms with Crippen molar-refractivity contribution in [1.29, 1.82) is 0 Å². The number of amides is 1. The molecule has 0 aromatic carbocycles. The molecule has 0 aromatic heterocycles. The van der Waals surface area contributed by atoms with E-state index in [1.54, 1.807) is 0 Å². The van der Waals surface area contributed by atoms with Gasteiger partial charge in [0.1, 0.15) is 0 Å². The van der Waals surface area contributed by atoms with Crippen LogP contribution in [0.5, 0.6) is 0 Å². The lowest BCUT2D eigenvalue weighted by Crippen LogP contribution is -2.35. The van der Waals surface area contributed by atoms with Gasteiger partial charge >= 0.3 is 0 Å². The summed E-state index contributed by atoms with van der Waals surface area (Å²) in [4.78, 5) is 11.6. The largest absolute Gasteiger partial charge is 0.378 e. The molecule has 1 aliphatic heterocycles. The van der Waals surface area contributed by atoms with Crippen LogP contribution in [0.3, 0.4) is 0 Å². The van der Waals surface area contributed by atoms with Crippen molar-refractivity contribution in [3.05, 3.63) is 12.2 Å². The quantitative estimate of drug-likeness (QED) is 0.702. The smallest absolute Gasteiger partial charge is 0.222 e. The van der Waals surface area contributed by atoms with Crippen LogP contribution < -0.4 is 10.6 Å². The zero-order valence-electron chi connectivity index (χ0n) is 10.3. The van der Waals surface area contributed by atoms with Crippen LogP contribution in [0.15, 0.2) is 12.2 Å². The minimum Gasteiger partial charge on any atom is -0.378 e. The molecule has 0 bridgehead atoms. The topological polar surface area (TPSA) is 50.4 Å². The number of carbonyl (C=O) groups is 1. The Morgan fingerprint density at radius 3 is 2.71 bits per heavy atom. The van der Waals surface area contributed by atoms with Gasteiger partial charge in [-0.3, -0.25) is 4.79 Å². The molecule has 2 rings (SSSR count). The Balaban J connectivity index is 1.53. The lowest BCUT2D eigenvalue weighted by atomic mass is 10.1. The molecule has 2 aliphatic rings. The molecule has 4 heteroatoms. The Bertz CT molecular complexity index is 265. The Morgan fingerprint density at radius 1 is 1.29 bits per heavy atom. The van der Waals surface area contributed by atoms with Gasteiger partial charge in [0, 0.05) is 12.5 Å². The zero-order chi connectivity index (χ0) is 11.9. The second-order valence-corrected chi connectivity index (χ2v) is 4.78. The molecule has 2 N–H and O–H groups in total. The van der Waals surface area contributed by atoms with Crippen molar-refractivity contribution in [2.24, 2.45) is 0 Å². The molecule has 17 heavy (non-hydrogen) atoms. The van der Waals surface area contributed by atoms with Crippen molar-refractivity contribution in [1.82, 2.24) is 10.6 Å². The molecule has 1 heterocycles. The van der Waals surface area contributed by atoms with Crippen LogP contribution in [0.1, 0.15) is 32.1 Å². The van der Waals surface area contributed by atoms with Gasteiger partial charge < -0.3 is 15.4 Å². The van der Waals surface area contributed by atoms with E-state index in [1.165, 1.54) is 0 Å². The van der Waals surface area contributed by atoms with Crippen LogP contribution in [0.4, 0.5) is 0 Å². The Hall–Kier alpha value is -0.870. The average molecular weight is 238 g/mol. The normalized spacial score (nSPS) is 21.9. The van der Waals surface area contributed by atoms with E-state index in [0.29, 0.717) is 25.2 Å². The summed E-state index contributed by atoms with van der Waals surface area (Å²) in [6.07, 6.45) is 9.15. The first-order chi connectivity index (χ1) is 8.34. The Morgan fingerprint density at radius 2 is 2.00 bits per heavy atom. The molecular weight excluding hydrogens is 216 g/mol. The molecule has 1 amide bonds. The Labute approximate surface area is 103 Å². The minimum absolute atomic E-state index is 0.118. The van der Waals surface area contributed by atoms with Crippen molar-refractivity contribution in [2.45, 2.75) is 44.2 Å². The van der Waals surface area contributed by atoms with Gasteiger partial charge in [-0.25, -0.2) is 0 Å². The second-order valence-electron chi connectivity index (χ2n) is 4.78. The van der Waals surface area contributed by atoms with Crippen LogP contribution >= 0.6 is 0 Å². The van der Waals surface area contributed by atoms with E-state index in [4.69, 9.17) is 4.74 Å². The fraction of sp³-hybridized carbons (Fsp3) is 0.769. The summed E-state index contributed by atoms with van der Waals surface area (Å²) >= 11 is 0. The molecule has 1 saturated heterocycles. The van der Waals surface area contributed by atoms with Crippen LogP contribution in [0.2, 0.25) is 0 Å². The highest BCUT2D eigenvalue weighted by Crippen LogP contribution is 2.10. The van der Waals surface area contributed by atoms with Gasteiger partial charge in [0.05, 0.1) is 12.7 Å². The highest BCUT2D eigenvalue weighted by Gasteiger charge is 2.15. The van der Waals surface area contributed by atoms with Crippen molar-refractivity contribution in [2.75, 3.05) is 19.7 Å². The summed E-state index contributed by atoms with van der Waals surface area (Å²) in [7, 11) is 0. The van der Waals surface area contributed by atoms with E-state index in [1.807, 2.05) is 0 Å². The van der Waals surface area contributed by atoms with Crippen molar-refractivity contribution in [3.8, 4) is 0 Å². The minimum atomic E-state index is 0.118. The lowest BCUT2D eigenvalue weighted by molar-refractivity contribution is -0.123. The number of rotatable bonds is 5. The maximum absolute atomic E-state index is 11.6. The molecule has 4 nitrogen and oxygen atoms in total. The van der Waals surface area contributed by atoms with E-state index in [-0.39, 0.29) is 5.91 Å². The van der Waals surface area contributed by atoms with Crippen molar-refractivity contribution in [3.63, 3.8) is 0 Å². The van der Waals surface area contributed by atoms with Crippen LogP contribution in [-0.4, -0.2) is 37.7 Å². The van der Waals surface area contributed by atoms with Gasteiger partial charge in [0.2, 0.25) is 5.91 Å². The maximum Gasteiger partial charge on any atom is 0.222 e. The fourth-order valence-electron chi connectivity index (χ4n) is 2.32. The third-order valence-corrected chi connectivity index (χ3v) is 3.34. The third-order valence-electron chi connectivity index (χ3n) is 3.34. The molecule has 1 fully saturated rings. The van der Waals surface area contributed by atoms with E-state index < -0.39 is 0 Å². The highest BCUT2D eigenvalue weighted by molar-refractivity contribution is 5.76. The summed E-state index contributed by atoms with van der Waals surface area (Å²) in [6.45, 7) is 2.62. The molecular formula is C13H22N2O2. The molecule has 96 valence electrons. The standard InChI is InChI=1S/C13H22N2O2/c16-13(15-11-3-1-2-4-11)7-10-17-12-5-8-14-9-6-12/h1-2,11-12,14H,3-10H2,(H,15,16). The van der Waals surface area contributed by atoms with E-state index in [9.17, 15) is 4.79 Å². The summed E-state index contributed by atoms with van der Waals surface area (Å²) < 4.78 is 5.70. The number of ether oxygens (including phenoxy) is 1. The average Bonchev–Trinajstić information content (AvgIpc) is 2.83. The SMILES string of the molecule is O=C(CCOC1CCNCC1)NC1CC=CC1. The molecule has 0 saturated carbocycles. The first-order valence-corrected chi connectivity index (χ1v) is 6.61. The predicted molar refractivity (Wildman–Crippen MR) is 66.8 cm³/mol.